The molecule has 0 bridgehead atoms. The molecule has 0 spiro atoms. The predicted molar refractivity (Wildman–Crippen MR) is 108 cm³/mol. The van der Waals surface area contributed by atoms with Gasteiger partial charge in [-0.3, -0.25) is 19.4 Å². The molecule has 1 fully saturated rings. The molecule has 0 radical (unpaired) electrons. The summed E-state index contributed by atoms with van der Waals surface area (Å²) in [6, 6.07) is 10.1. The second kappa shape index (κ2) is 7.41. The lowest BCUT2D eigenvalue weighted by molar-refractivity contribution is -0.138. The lowest BCUT2D eigenvalue weighted by Gasteiger charge is -2.22. The van der Waals surface area contributed by atoms with Crippen LogP contribution in [0.5, 0.6) is 0 Å². The molecule has 3 heterocycles. The van der Waals surface area contributed by atoms with Gasteiger partial charge in [-0.1, -0.05) is 42.1 Å². The zero-order chi connectivity index (χ0) is 21.5. The monoisotopic (exact) mass is 425 g/mol. The highest BCUT2D eigenvalue weighted by atomic mass is 32.2. The summed E-state index contributed by atoms with van der Waals surface area (Å²) in [5.74, 6) is -0.688. The molecule has 0 saturated carbocycles. The number of nitrogens with one attached hydrogen (secondary N) is 2. The molecule has 2 N–H and O–H groups in total. The fraction of sp³-hybridized carbons (Fsp3) is 0.263. The molecule has 4 amide bonds. The molecule has 30 heavy (non-hydrogen) atoms. The third-order valence-electron chi connectivity index (χ3n) is 4.77. The van der Waals surface area contributed by atoms with E-state index in [-0.39, 0.29) is 5.75 Å². The van der Waals surface area contributed by atoms with Gasteiger partial charge in [0.05, 0.1) is 5.75 Å². The van der Waals surface area contributed by atoms with Crippen molar-refractivity contribution < 1.29 is 14.4 Å². The van der Waals surface area contributed by atoms with Crippen LogP contribution in [0.4, 0.5) is 4.79 Å². The number of carbonyl (C=O) groups is 3. The minimum absolute atomic E-state index is 0.0623. The molecule has 11 heteroatoms. The van der Waals surface area contributed by atoms with E-state index in [0.29, 0.717) is 21.5 Å². The van der Waals surface area contributed by atoms with Crippen LogP contribution < -0.4 is 10.7 Å². The number of fused-ring (bicyclic) bond motifs is 1. The van der Waals surface area contributed by atoms with Crippen LogP contribution in [0.1, 0.15) is 23.9 Å². The third-order valence-corrected chi connectivity index (χ3v) is 5.70. The van der Waals surface area contributed by atoms with E-state index in [9.17, 15) is 14.4 Å². The van der Waals surface area contributed by atoms with Gasteiger partial charge in [-0.05, 0) is 32.4 Å². The largest absolute Gasteiger partial charge is 0.344 e. The topological polar surface area (TPSA) is 122 Å². The first-order valence-corrected chi connectivity index (χ1v) is 10.1. The van der Waals surface area contributed by atoms with E-state index in [4.69, 9.17) is 0 Å². The van der Waals surface area contributed by atoms with Gasteiger partial charge in [-0.25, -0.2) is 9.78 Å². The number of imide groups is 1. The summed E-state index contributed by atoms with van der Waals surface area (Å²) in [4.78, 5) is 41.9. The molecule has 10 nitrogen and oxygen atoms in total. The van der Waals surface area contributed by atoms with Gasteiger partial charge in [0.1, 0.15) is 5.54 Å². The van der Waals surface area contributed by atoms with E-state index in [1.807, 2.05) is 26.0 Å². The van der Waals surface area contributed by atoms with Gasteiger partial charge in [-0.2, -0.15) is 5.01 Å². The third kappa shape index (κ3) is 3.36. The van der Waals surface area contributed by atoms with Gasteiger partial charge in [0.25, 0.3) is 11.7 Å². The van der Waals surface area contributed by atoms with Crippen molar-refractivity contribution in [1.82, 2.24) is 35.3 Å². The number of hydrogen-bond donors (Lipinski definition) is 2. The normalized spacial score (nSPS) is 18.7. The van der Waals surface area contributed by atoms with Crippen LogP contribution >= 0.6 is 11.8 Å². The molecule has 1 unspecified atom stereocenters. The van der Waals surface area contributed by atoms with Gasteiger partial charge >= 0.3 is 6.03 Å². The second-order valence-corrected chi connectivity index (χ2v) is 7.98. The van der Waals surface area contributed by atoms with E-state index in [2.05, 4.69) is 25.9 Å². The molecular formula is C19H19N7O3S. The first-order valence-electron chi connectivity index (χ1n) is 9.13. The minimum atomic E-state index is -1.25. The Morgan fingerprint density at radius 1 is 1.20 bits per heavy atom. The summed E-state index contributed by atoms with van der Waals surface area (Å²) in [6.07, 6.45) is 0. The van der Waals surface area contributed by atoms with Crippen molar-refractivity contribution in [1.29, 1.82) is 0 Å². The Balaban J connectivity index is 1.45. The Labute approximate surface area is 176 Å². The van der Waals surface area contributed by atoms with E-state index in [0.717, 1.165) is 23.1 Å². The number of hydrogen-bond acceptors (Lipinski definition) is 7. The number of thioether (sulfide) groups is 1. The Morgan fingerprint density at radius 3 is 2.67 bits per heavy atom. The van der Waals surface area contributed by atoms with Crippen molar-refractivity contribution in [3.63, 3.8) is 0 Å². The first-order chi connectivity index (χ1) is 14.3. The summed E-state index contributed by atoms with van der Waals surface area (Å²) in [6.45, 7) is 5.36. The highest BCUT2D eigenvalue weighted by Crippen LogP contribution is 2.27. The summed E-state index contributed by atoms with van der Waals surface area (Å²) in [5, 5.41) is 11.9. The molecule has 1 atom stereocenters. The van der Waals surface area contributed by atoms with Crippen molar-refractivity contribution >= 4 is 35.4 Å². The van der Waals surface area contributed by atoms with Gasteiger partial charge < -0.3 is 5.32 Å². The van der Waals surface area contributed by atoms with Crippen molar-refractivity contribution in [2.75, 3.05) is 5.75 Å². The molecular weight excluding hydrogens is 406 g/mol. The molecule has 3 aromatic rings. The number of hydrazine groups is 1. The van der Waals surface area contributed by atoms with Crippen LogP contribution in [-0.2, 0) is 15.1 Å². The summed E-state index contributed by atoms with van der Waals surface area (Å²) >= 11 is 1.13. The maximum atomic E-state index is 12.8. The molecule has 1 aromatic carbocycles. The molecule has 1 aliphatic rings. The number of rotatable bonds is 5. The van der Waals surface area contributed by atoms with Gasteiger partial charge in [0.2, 0.25) is 5.91 Å². The zero-order valence-corrected chi connectivity index (χ0v) is 17.4. The number of aryl methyl sites for hydroxylation is 2. The quantitative estimate of drug-likeness (QED) is 0.467. The molecule has 154 valence electrons. The average Bonchev–Trinajstić information content (AvgIpc) is 3.22. The lowest BCUT2D eigenvalue weighted by Crippen LogP contribution is -2.48. The van der Waals surface area contributed by atoms with Crippen LogP contribution in [0, 0.1) is 13.8 Å². The fourth-order valence-corrected chi connectivity index (χ4v) is 4.07. The van der Waals surface area contributed by atoms with Crippen molar-refractivity contribution in [3.8, 4) is 0 Å². The Morgan fingerprint density at radius 2 is 1.93 bits per heavy atom. The first kappa shape index (κ1) is 19.8. The lowest BCUT2D eigenvalue weighted by atomic mass is 9.92. The van der Waals surface area contributed by atoms with Gasteiger partial charge in [0, 0.05) is 11.4 Å². The second-order valence-electron chi connectivity index (χ2n) is 7.04. The molecule has 2 aromatic heterocycles. The number of urea groups is 1. The van der Waals surface area contributed by atoms with Crippen molar-refractivity contribution in [3.05, 3.63) is 53.3 Å². The Bertz CT molecular complexity index is 1160. The van der Waals surface area contributed by atoms with Crippen LogP contribution in [0.2, 0.25) is 0 Å². The number of aromatic nitrogens is 4. The van der Waals surface area contributed by atoms with E-state index >= 15 is 0 Å². The van der Waals surface area contributed by atoms with Crippen LogP contribution in [0.3, 0.4) is 0 Å². The van der Waals surface area contributed by atoms with E-state index < -0.39 is 23.4 Å². The molecule has 1 saturated heterocycles. The SMILES string of the molecule is Cc1cc(C)n2c(SCC(=O)NN3C(=O)NC(C)(c4ccccc4)C3=O)nnc2n1. The number of amides is 4. The number of benzene rings is 1. The molecule has 0 aliphatic carbocycles. The highest BCUT2D eigenvalue weighted by Gasteiger charge is 2.49. The minimum Gasteiger partial charge on any atom is -0.318 e. The Kier molecular flexibility index (Phi) is 4.90. The van der Waals surface area contributed by atoms with Crippen molar-refractivity contribution in [2.45, 2.75) is 31.5 Å². The van der Waals surface area contributed by atoms with E-state index in [1.165, 1.54) is 0 Å². The van der Waals surface area contributed by atoms with Crippen molar-refractivity contribution in [2.24, 2.45) is 0 Å². The number of nitrogens with zero attached hydrogens (tertiary/aromatic N) is 5. The molecule has 1 aliphatic heterocycles. The Hall–Kier alpha value is -3.47. The summed E-state index contributed by atoms with van der Waals surface area (Å²) < 4.78 is 1.74. The van der Waals surface area contributed by atoms with Crippen LogP contribution in [-0.4, -0.2) is 48.2 Å². The summed E-state index contributed by atoms with van der Waals surface area (Å²) in [7, 11) is 0. The van der Waals surface area contributed by atoms with Crippen LogP contribution in [0.15, 0.2) is 41.6 Å². The van der Waals surface area contributed by atoms with Gasteiger partial charge in [-0.15, -0.1) is 10.2 Å². The van der Waals surface area contributed by atoms with Crippen LogP contribution in [0.25, 0.3) is 5.78 Å². The highest BCUT2D eigenvalue weighted by molar-refractivity contribution is 7.99. The zero-order valence-electron chi connectivity index (χ0n) is 16.5. The predicted octanol–water partition coefficient (Wildman–Crippen LogP) is 1.33. The van der Waals surface area contributed by atoms with E-state index in [1.54, 1.807) is 35.6 Å². The fourth-order valence-electron chi connectivity index (χ4n) is 3.29. The average molecular weight is 425 g/mol. The number of carbonyl (C=O) groups excluding carboxylic acids is 3. The smallest absolute Gasteiger partial charge is 0.318 e. The molecule has 4 rings (SSSR count). The summed E-state index contributed by atoms with van der Waals surface area (Å²) in [5.41, 5.74) is 3.46. The van der Waals surface area contributed by atoms with Gasteiger partial charge in [0.15, 0.2) is 5.16 Å². The maximum Gasteiger partial charge on any atom is 0.344 e. The maximum absolute atomic E-state index is 12.8. The standard InChI is InChI=1S/C19H19N7O3S/c1-11-9-12(2)25-16(20-11)22-23-18(25)30-10-14(27)24-26-15(28)19(3,21-17(26)29)13-7-5-4-6-8-13/h4-9H,10H2,1-3H3,(H,21,29)(H,24,27).